The Morgan fingerprint density at radius 1 is 1.25 bits per heavy atom. The predicted octanol–water partition coefficient (Wildman–Crippen LogP) is 2.14. The smallest absolute Gasteiger partial charge is 0.0700 e. The van der Waals surface area contributed by atoms with Crippen molar-refractivity contribution < 1.29 is 9.47 Å². The summed E-state index contributed by atoms with van der Waals surface area (Å²) in [5.74, 6) is 0.757. The first-order valence-corrected chi connectivity index (χ1v) is 8.01. The summed E-state index contributed by atoms with van der Waals surface area (Å²) in [7, 11) is 1.71. The van der Waals surface area contributed by atoms with Crippen LogP contribution in [0.15, 0.2) is 0 Å². The zero-order valence-corrected chi connectivity index (χ0v) is 14.1. The van der Waals surface area contributed by atoms with Crippen molar-refractivity contribution in [3.05, 3.63) is 0 Å². The molecular weight excluding hydrogens is 252 g/mol. The van der Waals surface area contributed by atoms with Gasteiger partial charge in [-0.1, -0.05) is 13.8 Å². The second-order valence-electron chi connectivity index (χ2n) is 6.92. The molecule has 1 rings (SSSR count). The van der Waals surface area contributed by atoms with Gasteiger partial charge in [0.15, 0.2) is 0 Å². The molecule has 1 saturated heterocycles. The molecule has 0 radical (unpaired) electrons. The molecule has 0 aromatic carbocycles. The lowest BCUT2D eigenvalue weighted by Crippen LogP contribution is -2.62. The van der Waals surface area contributed by atoms with Crippen molar-refractivity contribution in [2.75, 3.05) is 46.6 Å². The first-order valence-electron chi connectivity index (χ1n) is 8.01. The number of piperazine rings is 1. The van der Waals surface area contributed by atoms with Crippen LogP contribution in [0, 0.1) is 5.92 Å². The van der Waals surface area contributed by atoms with Gasteiger partial charge in [0.2, 0.25) is 0 Å². The van der Waals surface area contributed by atoms with Gasteiger partial charge in [0, 0.05) is 44.9 Å². The molecule has 0 bridgehead atoms. The highest BCUT2D eigenvalue weighted by Crippen LogP contribution is 2.21. The zero-order chi connectivity index (χ0) is 15.0. The van der Waals surface area contributed by atoms with Crippen LogP contribution in [0.4, 0.5) is 0 Å². The molecule has 20 heavy (non-hydrogen) atoms. The van der Waals surface area contributed by atoms with E-state index in [2.05, 4.69) is 37.9 Å². The molecule has 0 aromatic heterocycles. The summed E-state index contributed by atoms with van der Waals surface area (Å²) >= 11 is 0. The molecule has 0 spiro atoms. The van der Waals surface area contributed by atoms with Gasteiger partial charge in [0.05, 0.1) is 13.2 Å². The van der Waals surface area contributed by atoms with Crippen molar-refractivity contribution in [2.45, 2.75) is 52.1 Å². The molecule has 1 N–H and O–H groups in total. The number of nitrogens with zero attached hydrogens (tertiary/aromatic N) is 1. The first-order chi connectivity index (χ1) is 9.45. The van der Waals surface area contributed by atoms with Crippen LogP contribution in [0.2, 0.25) is 0 Å². The van der Waals surface area contributed by atoms with Gasteiger partial charge in [-0.25, -0.2) is 0 Å². The molecular formula is C16H34N2O2. The summed E-state index contributed by atoms with van der Waals surface area (Å²) in [5, 5.41) is 3.70. The average Bonchev–Trinajstić information content (AvgIpc) is 2.36. The fourth-order valence-electron chi connectivity index (χ4n) is 2.81. The van der Waals surface area contributed by atoms with Crippen molar-refractivity contribution >= 4 is 0 Å². The van der Waals surface area contributed by atoms with Crippen LogP contribution in [0.1, 0.15) is 40.5 Å². The van der Waals surface area contributed by atoms with Crippen LogP contribution in [-0.4, -0.2) is 63.0 Å². The Bertz CT molecular complexity index is 257. The summed E-state index contributed by atoms with van der Waals surface area (Å²) in [4.78, 5) is 2.62. The van der Waals surface area contributed by atoms with Gasteiger partial charge < -0.3 is 14.8 Å². The van der Waals surface area contributed by atoms with Gasteiger partial charge in [-0.3, -0.25) is 4.90 Å². The van der Waals surface area contributed by atoms with Crippen molar-refractivity contribution in [1.29, 1.82) is 0 Å². The largest absolute Gasteiger partial charge is 0.382 e. The van der Waals surface area contributed by atoms with E-state index >= 15 is 0 Å². The zero-order valence-electron chi connectivity index (χ0n) is 14.1. The number of methoxy groups -OCH3 is 1. The van der Waals surface area contributed by atoms with Crippen molar-refractivity contribution in [3.63, 3.8) is 0 Å². The highest BCUT2D eigenvalue weighted by molar-refractivity contribution is 4.92. The Morgan fingerprint density at radius 3 is 2.65 bits per heavy atom. The summed E-state index contributed by atoms with van der Waals surface area (Å²) in [6, 6.07) is 0.637. The van der Waals surface area contributed by atoms with Gasteiger partial charge in [-0.05, 0) is 32.6 Å². The van der Waals surface area contributed by atoms with Crippen molar-refractivity contribution in [3.8, 4) is 0 Å². The minimum absolute atomic E-state index is 0.250. The minimum atomic E-state index is 0.250. The number of hydrogen-bond donors (Lipinski definition) is 1. The van der Waals surface area contributed by atoms with Gasteiger partial charge in [0.1, 0.15) is 0 Å². The van der Waals surface area contributed by atoms with E-state index in [0.29, 0.717) is 19.3 Å². The van der Waals surface area contributed by atoms with E-state index in [1.807, 2.05) is 0 Å². The standard InChI is InChI=1S/C16H34N2O2/c1-14(2)11-15-12-18(16(3,4)13-17-15)7-6-8-20-10-9-19-5/h14-15,17H,6-13H2,1-5H3. The third-order valence-corrected chi connectivity index (χ3v) is 4.02. The third kappa shape index (κ3) is 6.53. The molecule has 0 saturated carbocycles. The van der Waals surface area contributed by atoms with Crippen molar-refractivity contribution in [1.82, 2.24) is 10.2 Å². The Balaban J connectivity index is 2.28. The quantitative estimate of drug-likeness (QED) is 0.659. The molecule has 1 aliphatic heterocycles. The molecule has 1 aliphatic rings. The first kappa shape index (κ1) is 17.9. The van der Waals surface area contributed by atoms with Crippen LogP contribution in [0.25, 0.3) is 0 Å². The molecule has 1 unspecified atom stereocenters. The van der Waals surface area contributed by atoms with E-state index in [4.69, 9.17) is 9.47 Å². The summed E-state index contributed by atoms with van der Waals surface area (Å²) in [6.45, 7) is 14.8. The van der Waals surface area contributed by atoms with Crippen LogP contribution >= 0.6 is 0 Å². The third-order valence-electron chi connectivity index (χ3n) is 4.02. The summed E-state index contributed by atoms with van der Waals surface area (Å²) < 4.78 is 10.5. The number of hydrogen-bond acceptors (Lipinski definition) is 4. The second-order valence-corrected chi connectivity index (χ2v) is 6.92. The van der Waals surface area contributed by atoms with Crippen molar-refractivity contribution in [2.24, 2.45) is 5.92 Å². The lowest BCUT2D eigenvalue weighted by atomic mass is 9.93. The number of nitrogens with one attached hydrogen (secondary N) is 1. The normalized spacial score (nSPS) is 23.4. The molecule has 120 valence electrons. The van der Waals surface area contributed by atoms with E-state index in [1.54, 1.807) is 7.11 Å². The van der Waals surface area contributed by atoms with E-state index in [-0.39, 0.29) is 5.54 Å². The SMILES string of the molecule is COCCOCCCN1CC(CC(C)C)NCC1(C)C. The summed E-state index contributed by atoms with van der Waals surface area (Å²) in [6.07, 6.45) is 2.36. The van der Waals surface area contributed by atoms with E-state index < -0.39 is 0 Å². The van der Waals surface area contributed by atoms with E-state index in [9.17, 15) is 0 Å². The Hall–Kier alpha value is -0.160. The molecule has 4 nitrogen and oxygen atoms in total. The lowest BCUT2D eigenvalue weighted by molar-refractivity contribution is 0.0365. The fraction of sp³-hybridized carbons (Fsp3) is 1.00. The summed E-state index contributed by atoms with van der Waals surface area (Å²) in [5.41, 5.74) is 0.250. The number of rotatable bonds is 9. The van der Waals surface area contributed by atoms with Crippen LogP contribution in [0.3, 0.4) is 0 Å². The lowest BCUT2D eigenvalue weighted by Gasteiger charge is -2.46. The maximum Gasteiger partial charge on any atom is 0.0700 e. The van der Waals surface area contributed by atoms with Crippen LogP contribution < -0.4 is 5.32 Å². The van der Waals surface area contributed by atoms with E-state index in [1.165, 1.54) is 6.42 Å². The maximum atomic E-state index is 5.56. The van der Waals surface area contributed by atoms with Gasteiger partial charge in [-0.15, -0.1) is 0 Å². The van der Waals surface area contributed by atoms with E-state index in [0.717, 1.165) is 38.6 Å². The fourth-order valence-corrected chi connectivity index (χ4v) is 2.81. The minimum Gasteiger partial charge on any atom is -0.382 e. The average molecular weight is 286 g/mol. The Morgan fingerprint density at radius 2 is 2.00 bits per heavy atom. The maximum absolute atomic E-state index is 5.56. The Kier molecular flexibility index (Phi) is 8.03. The molecule has 0 aromatic rings. The van der Waals surface area contributed by atoms with Gasteiger partial charge in [0.25, 0.3) is 0 Å². The van der Waals surface area contributed by atoms with Gasteiger partial charge in [-0.2, -0.15) is 0 Å². The van der Waals surface area contributed by atoms with Gasteiger partial charge >= 0.3 is 0 Å². The Labute approximate surface area is 125 Å². The molecule has 4 heteroatoms. The molecule has 1 heterocycles. The monoisotopic (exact) mass is 286 g/mol. The predicted molar refractivity (Wildman–Crippen MR) is 84.2 cm³/mol. The number of ether oxygens (including phenoxy) is 2. The highest BCUT2D eigenvalue weighted by Gasteiger charge is 2.33. The van der Waals surface area contributed by atoms with Crippen LogP contribution in [-0.2, 0) is 9.47 Å². The topological polar surface area (TPSA) is 33.7 Å². The second kappa shape index (κ2) is 8.98. The van der Waals surface area contributed by atoms with Crippen LogP contribution in [0.5, 0.6) is 0 Å². The molecule has 1 fully saturated rings. The molecule has 1 atom stereocenters. The molecule has 0 aliphatic carbocycles. The molecule has 0 amide bonds. The highest BCUT2D eigenvalue weighted by atomic mass is 16.5.